The van der Waals surface area contributed by atoms with E-state index in [4.69, 9.17) is 5.14 Å². The zero-order chi connectivity index (χ0) is 17.9. The van der Waals surface area contributed by atoms with Crippen molar-refractivity contribution in [1.82, 2.24) is 4.98 Å². The van der Waals surface area contributed by atoms with E-state index < -0.39 is 10.0 Å². The van der Waals surface area contributed by atoms with Crippen molar-refractivity contribution in [3.05, 3.63) is 40.9 Å². The van der Waals surface area contributed by atoms with Crippen molar-refractivity contribution in [2.45, 2.75) is 43.4 Å². The fourth-order valence-corrected chi connectivity index (χ4v) is 4.38. The normalized spacial score (nSPS) is 15.9. The molecule has 134 valence electrons. The van der Waals surface area contributed by atoms with E-state index in [1.54, 1.807) is 18.3 Å². The fraction of sp³-hybridized carbons (Fsp3) is 0.412. The number of nitrogens with two attached hydrogens (primary N) is 1. The molecule has 0 atom stereocenters. The van der Waals surface area contributed by atoms with Gasteiger partial charge in [0, 0.05) is 23.4 Å². The molecule has 2 aromatic rings. The maximum atomic E-state index is 12.3. The number of rotatable bonds is 5. The molecule has 0 radical (unpaired) electrons. The Labute approximate surface area is 151 Å². The Balaban J connectivity index is 1.60. The number of carbonyl (C=O) groups is 1. The van der Waals surface area contributed by atoms with Crippen LogP contribution in [-0.4, -0.2) is 19.3 Å². The Hall–Kier alpha value is -1.77. The molecule has 1 amide bonds. The molecule has 1 saturated carbocycles. The molecule has 6 nitrogen and oxygen atoms in total. The smallest absolute Gasteiger partial charge is 0.238 e. The molecule has 25 heavy (non-hydrogen) atoms. The molecule has 1 aliphatic rings. The van der Waals surface area contributed by atoms with Crippen molar-refractivity contribution in [2.24, 2.45) is 11.1 Å². The minimum Gasteiger partial charge on any atom is -0.302 e. The van der Waals surface area contributed by atoms with Crippen LogP contribution in [0.5, 0.6) is 0 Å². The van der Waals surface area contributed by atoms with Gasteiger partial charge in [0.15, 0.2) is 5.13 Å². The average Bonchev–Trinajstić information content (AvgIpc) is 3.02. The summed E-state index contributed by atoms with van der Waals surface area (Å²) in [6.07, 6.45) is 7.75. The Morgan fingerprint density at radius 3 is 2.52 bits per heavy atom. The topological polar surface area (TPSA) is 102 Å². The highest BCUT2D eigenvalue weighted by atomic mass is 32.2. The first-order valence-corrected chi connectivity index (χ1v) is 10.7. The van der Waals surface area contributed by atoms with Crippen LogP contribution in [0.2, 0.25) is 0 Å². The second kappa shape index (κ2) is 7.63. The monoisotopic (exact) mass is 379 g/mol. The van der Waals surface area contributed by atoms with Crippen molar-refractivity contribution >= 4 is 32.4 Å². The number of anilines is 1. The van der Waals surface area contributed by atoms with Crippen molar-refractivity contribution in [3.8, 4) is 0 Å². The number of nitrogens with zero attached hydrogens (tertiary/aromatic N) is 1. The second-order valence-electron chi connectivity index (χ2n) is 6.32. The summed E-state index contributed by atoms with van der Waals surface area (Å²) in [7, 11) is -3.67. The summed E-state index contributed by atoms with van der Waals surface area (Å²) in [6.45, 7) is 0. The average molecular weight is 380 g/mol. The third-order valence-electron chi connectivity index (χ3n) is 4.39. The molecule has 0 aliphatic heterocycles. The number of hydrogen-bond donors (Lipinski definition) is 2. The largest absolute Gasteiger partial charge is 0.302 e. The van der Waals surface area contributed by atoms with Crippen LogP contribution < -0.4 is 10.5 Å². The maximum Gasteiger partial charge on any atom is 0.238 e. The van der Waals surface area contributed by atoms with Crippen LogP contribution in [0.3, 0.4) is 0 Å². The highest BCUT2D eigenvalue weighted by Crippen LogP contribution is 2.27. The van der Waals surface area contributed by atoms with Crippen molar-refractivity contribution in [1.29, 1.82) is 0 Å². The second-order valence-corrected chi connectivity index (χ2v) is 9.00. The number of carbonyl (C=O) groups excluding carboxylic acids is 1. The van der Waals surface area contributed by atoms with E-state index in [-0.39, 0.29) is 16.7 Å². The molecular weight excluding hydrogens is 358 g/mol. The van der Waals surface area contributed by atoms with Crippen molar-refractivity contribution < 1.29 is 13.2 Å². The van der Waals surface area contributed by atoms with E-state index >= 15 is 0 Å². The van der Waals surface area contributed by atoms with Gasteiger partial charge in [-0.05, 0) is 30.5 Å². The van der Waals surface area contributed by atoms with Crippen molar-refractivity contribution in [3.63, 3.8) is 0 Å². The van der Waals surface area contributed by atoms with Gasteiger partial charge in [0.05, 0.1) is 4.90 Å². The van der Waals surface area contributed by atoms with E-state index in [0.29, 0.717) is 11.6 Å². The number of hydrogen-bond acceptors (Lipinski definition) is 5. The van der Waals surface area contributed by atoms with Crippen LogP contribution >= 0.6 is 11.3 Å². The molecule has 1 aromatic heterocycles. The van der Waals surface area contributed by atoms with Gasteiger partial charge in [-0.25, -0.2) is 18.5 Å². The molecule has 3 rings (SSSR count). The van der Waals surface area contributed by atoms with Gasteiger partial charge in [-0.2, -0.15) is 0 Å². The van der Waals surface area contributed by atoms with Gasteiger partial charge in [0.25, 0.3) is 0 Å². The summed E-state index contributed by atoms with van der Waals surface area (Å²) in [5.74, 6) is 0.171. The number of amides is 1. The quantitative estimate of drug-likeness (QED) is 0.834. The molecule has 8 heteroatoms. The first kappa shape index (κ1) is 18.0. The van der Waals surface area contributed by atoms with E-state index in [9.17, 15) is 13.2 Å². The number of nitrogens with one attached hydrogen (secondary N) is 1. The molecule has 0 saturated heterocycles. The molecule has 1 aliphatic carbocycles. The third kappa shape index (κ3) is 4.87. The maximum absolute atomic E-state index is 12.3. The molecule has 0 bridgehead atoms. The molecule has 1 heterocycles. The highest BCUT2D eigenvalue weighted by Gasteiger charge is 2.21. The van der Waals surface area contributed by atoms with Gasteiger partial charge in [-0.1, -0.05) is 31.4 Å². The fourth-order valence-electron chi connectivity index (χ4n) is 3.02. The molecule has 1 aromatic carbocycles. The Morgan fingerprint density at radius 1 is 1.20 bits per heavy atom. The predicted molar refractivity (Wildman–Crippen MR) is 97.9 cm³/mol. The van der Waals surface area contributed by atoms with Crippen LogP contribution in [0.15, 0.2) is 35.4 Å². The summed E-state index contributed by atoms with van der Waals surface area (Å²) in [4.78, 5) is 17.6. The lowest BCUT2D eigenvalue weighted by Crippen LogP contribution is -2.24. The Kier molecular flexibility index (Phi) is 5.51. The van der Waals surface area contributed by atoms with E-state index in [1.165, 1.54) is 29.9 Å². The Bertz CT molecular complexity index is 838. The Morgan fingerprint density at radius 2 is 1.88 bits per heavy atom. The number of benzene rings is 1. The van der Waals surface area contributed by atoms with Gasteiger partial charge < -0.3 is 5.32 Å². The molecule has 0 unspecified atom stereocenters. The molecule has 3 N–H and O–H groups in total. The van der Waals surface area contributed by atoms with Gasteiger partial charge in [-0.15, -0.1) is 11.3 Å². The number of primary sulfonamides is 1. The van der Waals surface area contributed by atoms with Gasteiger partial charge in [0.1, 0.15) is 0 Å². The van der Waals surface area contributed by atoms with Gasteiger partial charge >= 0.3 is 0 Å². The lowest BCUT2D eigenvalue weighted by Gasteiger charge is -2.19. The van der Waals surface area contributed by atoms with Crippen LogP contribution in [0.1, 0.15) is 42.5 Å². The first-order valence-electron chi connectivity index (χ1n) is 8.29. The zero-order valence-corrected chi connectivity index (χ0v) is 15.4. The summed E-state index contributed by atoms with van der Waals surface area (Å²) >= 11 is 1.44. The van der Waals surface area contributed by atoms with Crippen LogP contribution in [0.4, 0.5) is 5.13 Å². The third-order valence-corrected chi connectivity index (χ3v) is 6.23. The summed E-state index contributed by atoms with van der Waals surface area (Å²) in [5.41, 5.74) is 0.959. The van der Waals surface area contributed by atoms with E-state index in [1.807, 2.05) is 0 Å². The lowest BCUT2D eigenvalue weighted by molar-refractivity contribution is -0.120. The van der Waals surface area contributed by atoms with E-state index in [2.05, 4.69) is 10.3 Å². The predicted octanol–water partition coefficient (Wildman–Crippen LogP) is 2.90. The summed E-state index contributed by atoms with van der Waals surface area (Å²) in [6, 6.07) is 6.47. The number of thiazole rings is 1. The zero-order valence-electron chi connectivity index (χ0n) is 13.8. The summed E-state index contributed by atoms with van der Waals surface area (Å²) < 4.78 is 22.5. The van der Waals surface area contributed by atoms with Gasteiger partial charge in [0.2, 0.25) is 15.9 Å². The summed E-state index contributed by atoms with van der Waals surface area (Å²) in [5, 5.41) is 8.63. The van der Waals surface area contributed by atoms with Crippen molar-refractivity contribution in [2.75, 3.05) is 5.32 Å². The number of sulfonamides is 1. The first-order chi connectivity index (χ1) is 11.9. The molecular formula is C17H21N3O3S2. The molecule has 1 fully saturated rings. The van der Waals surface area contributed by atoms with Crippen LogP contribution in [-0.2, 0) is 21.2 Å². The minimum atomic E-state index is -3.67. The van der Waals surface area contributed by atoms with E-state index in [0.717, 1.165) is 36.1 Å². The SMILES string of the molecule is NS(=O)(=O)c1ccc(Cc2cnc(NC(=O)C3CCCCC3)s2)cc1. The standard InChI is InChI=1S/C17H21N3O3S2/c18-25(22,23)15-8-6-12(7-9-15)10-14-11-19-17(24-14)20-16(21)13-4-2-1-3-5-13/h6-9,11,13H,1-5,10H2,(H2,18,22,23)(H,19,20,21). The lowest BCUT2D eigenvalue weighted by atomic mass is 9.89. The van der Waals surface area contributed by atoms with Gasteiger partial charge in [-0.3, -0.25) is 4.79 Å². The number of aromatic nitrogens is 1. The van der Waals surface area contributed by atoms with Crippen LogP contribution in [0, 0.1) is 5.92 Å². The molecule has 0 spiro atoms. The highest BCUT2D eigenvalue weighted by molar-refractivity contribution is 7.89. The van der Waals surface area contributed by atoms with Crippen LogP contribution in [0.25, 0.3) is 0 Å². The minimum absolute atomic E-state index is 0.0677.